The number of halogens is 13. The minimum Gasteiger partial charge on any atom is -0.384 e. The highest BCUT2D eigenvalue weighted by Crippen LogP contribution is 2.41. The van der Waals surface area contributed by atoms with E-state index in [-0.39, 0.29) is 50.9 Å². The number of rotatable bonds is 18. The highest BCUT2D eigenvalue weighted by atomic mass is 35.5. The molecule has 2 unspecified atom stereocenters. The summed E-state index contributed by atoms with van der Waals surface area (Å²) < 4.78 is 111. The molecule has 29 heteroatoms. The van der Waals surface area contributed by atoms with E-state index in [1.165, 1.54) is 36.4 Å². The van der Waals surface area contributed by atoms with E-state index in [4.69, 9.17) is 72.4 Å². The summed E-state index contributed by atoms with van der Waals surface area (Å²) in [5, 5.41) is 12.8. The van der Waals surface area contributed by atoms with Gasteiger partial charge in [0.1, 0.15) is 32.8 Å². The molecule has 2 atom stereocenters. The van der Waals surface area contributed by atoms with Crippen molar-refractivity contribution in [3.63, 3.8) is 0 Å². The second-order valence-corrected chi connectivity index (χ2v) is 20.1. The molecule has 0 fully saturated rings. The number of amides is 5. The average molecular weight is 1250 g/mol. The Morgan fingerprint density at radius 2 is 1.04 bits per heavy atom. The SMILES string of the molecule is CCOCC(=O)Cl.CCOCC(=O)N(CC(=O)NCC(F)(F)F)C(=O)c1ccc(C2=NOC(C)(c3cc(Cl)c(F)c(Cl)c3)C2)cc1C.Cc1cc(C2=NOC(C)(c3cc(Cl)c(F)c(Cl)c3)C2)ccc1C(=O)NCC(=O)NCC(F)(F)F. The summed E-state index contributed by atoms with van der Waals surface area (Å²) in [6, 6.07) is 15.0. The summed E-state index contributed by atoms with van der Waals surface area (Å²) in [6.07, 6.45) is -8.64. The van der Waals surface area contributed by atoms with Gasteiger partial charge in [0.05, 0.1) is 38.1 Å². The highest BCUT2D eigenvalue weighted by molar-refractivity contribution is 6.63. The van der Waals surface area contributed by atoms with Gasteiger partial charge < -0.3 is 35.1 Å². The first kappa shape index (κ1) is 67.4. The lowest BCUT2D eigenvalue weighted by Crippen LogP contribution is -2.47. The Kier molecular flexibility index (Phi) is 24.3. The van der Waals surface area contributed by atoms with Gasteiger partial charge in [0.25, 0.3) is 17.7 Å². The first-order valence-corrected chi connectivity index (χ1v) is 25.8. The zero-order chi connectivity index (χ0) is 60.8. The number of ether oxygens (including phenoxy) is 2. The molecule has 2 aliphatic rings. The van der Waals surface area contributed by atoms with Crippen molar-refractivity contribution < 1.29 is 83.0 Å². The normalized spacial score (nSPS) is 16.5. The summed E-state index contributed by atoms with van der Waals surface area (Å²) in [7, 11) is 0. The van der Waals surface area contributed by atoms with Crippen LogP contribution in [0.5, 0.6) is 0 Å². The molecule has 440 valence electrons. The van der Waals surface area contributed by atoms with E-state index in [0.29, 0.717) is 62.7 Å². The van der Waals surface area contributed by atoms with E-state index in [1.807, 2.05) is 0 Å². The Morgan fingerprint density at radius 1 is 0.630 bits per heavy atom. The van der Waals surface area contributed by atoms with E-state index in [1.54, 1.807) is 76.4 Å². The molecule has 4 aromatic rings. The monoisotopic (exact) mass is 1250 g/mol. The van der Waals surface area contributed by atoms with Gasteiger partial charge in [0, 0.05) is 48.3 Å². The zero-order valence-electron chi connectivity index (χ0n) is 43.7. The summed E-state index contributed by atoms with van der Waals surface area (Å²) >= 11 is 28.5. The lowest BCUT2D eigenvalue weighted by atomic mass is 9.88. The number of hydrogen-bond acceptors (Lipinski definition) is 12. The molecule has 0 saturated carbocycles. The minimum atomic E-state index is -4.66. The van der Waals surface area contributed by atoms with Crippen LogP contribution in [0.25, 0.3) is 0 Å². The van der Waals surface area contributed by atoms with Crippen LogP contribution in [0.1, 0.15) is 94.6 Å². The molecule has 0 spiro atoms. The maximum Gasteiger partial charge on any atom is 0.405 e. The zero-order valence-corrected chi connectivity index (χ0v) is 47.5. The van der Waals surface area contributed by atoms with Gasteiger partial charge >= 0.3 is 12.4 Å². The van der Waals surface area contributed by atoms with Crippen molar-refractivity contribution in [2.75, 3.05) is 52.6 Å². The van der Waals surface area contributed by atoms with Crippen LogP contribution in [0.4, 0.5) is 35.1 Å². The van der Waals surface area contributed by atoms with Gasteiger partial charge in [-0.25, -0.2) is 8.78 Å². The van der Waals surface area contributed by atoms with Crippen molar-refractivity contribution >= 4 is 104 Å². The Hall–Kier alpha value is -6.15. The van der Waals surface area contributed by atoms with Gasteiger partial charge in [-0.2, -0.15) is 26.3 Å². The molecule has 0 bridgehead atoms. The third kappa shape index (κ3) is 19.8. The van der Waals surface area contributed by atoms with Crippen molar-refractivity contribution in [1.82, 2.24) is 20.9 Å². The molecule has 0 saturated heterocycles. The van der Waals surface area contributed by atoms with Gasteiger partial charge in [-0.3, -0.25) is 33.7 Å². The lowest BCUT2D eigenvalue weighted by Gasteiger charge is -2.23. The molecule has 2 heterocycles. The number of nitrogens with one attached hydrogen (secondary N) is 3. The van der Waals surface area contributed by atoms with Crippen molar-refractivity contribution in [3.8, 4) is 0 Å². The van der Waals surface area contributed by atoms with Gasteiger partial charge in [-0.05, 0) is 124 Å². The topological polar surface area (TPSA) is 203 Å². The highest BCUT2D eigenvalue weighted by Gasteiger charge is 2.40. The van der Waals surface area contributed by atoms with Gasteiger partial charge in [-0.15, -0.1) is 0 Å². The fraction of sp³-hybridized carbons (Fsp3) is 0.385. The smallest absolute Gasteiger partial charge is 0.384 e. The van der Waals surface area contributed by atoms with Gasteiger partial charge in [0.15, 0.2) is 22.8 Å². The number of oxime groups is 2. The third-order valence-electron chi connectivity index (χ3n) is 11.6. The van der Waals surface area contributed by atoms with Crippen LogP contribution >= 0.6 is 58.0 Å². The quantitative estimate of drug-likeness (QED) is 0.0489. The Morgan fingerprint density at radius 3 is 1.42 bits per heavy atom. The van der Waals surface area contributed by atoms with Crippen LogP contribution < -0.4 is 16.0 Å². The maximum absolute atomic E-state index is 13.9. The number of benzene rings is 4. The van der Waals surface area contributed by atoms with Crippen LogP contribution in [0.2, 0.25) is 20.1 Å². The molecular formula is C52H51Cl5F8N6O10. The minimum absolute atomic E-state index is 0.0258. The van der Waals surface area contributed by atoms with Crippen molar-refractivity contribution in [2.45, 2.75) is 77.9 Å². The van der Waals surface area contributed by atoms with E-state index in [2.05, 4.69) is 20.4 Å². The van der Waals surface area contributed by atoms with Crippen molar-refractivity contribution in [3.05, 3.63) is 137 Å². The predicted octanol–water partition coefficient (Wildman–Crippen LogP) is 10.8. The molecule has 81 heavy (non-hydrogen) atoms. The largest absolute Gasteiger partial charge is 0.405 e. The van der Waals surface area contributed by atoms with Crippen LogP contribution in [0.3, 0.4) is 0 Å². The molecule has 6 rings (SSSR count). The van der Waals surface area contributed by atoms with Crippen LogP contribution in [-0.2, 0) is 49.5 Å². The molecule has 5 amide bonds. The van der Waals surface area contributed by atoms with E-state index < -0.39 is 103 Å². The predicted molar refractivity (Wildman–Crippen MR) is 285 cm³/mol. The number of alkyl halides is 6. The summed E-state index contributed by atoms with van der Waals surface area (Å²) in [6.45, 7) is 5.68. The average Bonchev–Trinajstić information content (AvgIpc) is 4.02. The second-order valence-electron chi connectivity index (χ2n) is 18.0. The number of hydrogen-bond donors (Lipinski definition) is 3. The fourth-order valence-electron chi connectivity index (χ4n) is 7.39. The van der Waals surface area contributed by atoms with Crippen molar-refractivity contribution in [1.29, 1.82) is 0 Å². The second kappa shape index (κ2) is 29.2. The molecular weight excluding hydrogens is 1200 g/mol. The van der Waals surface area contributed by atoms with Crippen LogP contribution in [0.15, 0.2) is 71.0 Å². The first-order chi connectivity index (χ1) is 37.7. The maximum atomic E-state index is 13.9. The fourth-order valence-corrected chi connectivity index (χ4v) is 8.44. The number of nitrogens with zero attached hydrogens (tertiary/aromatic N) is 3. The lowest BCUT2D eigenvalue weighted by molar-refractivity contribution is -0.142. The van der Waals surface area contributed by atoms with Gasteiger partial charge in [0.2, 0.25) is 17.1 Å². The van der Waals surface area contributed by atoms with E-state index in [9.17, 15) is 63.9 Å². The molecule has 0 aromatic heterocycles. The summed E-state index contributed by atoms with van der Waals surface area (Å²) in [5.74, 6) is -6.00. The molecule has 16 nitrogen and oxygen atoms in total. The first-order valence-electron chi connectivity index (χ1n) is 23.9. The van der Waals surface area contributed by atoms with Crippen molar-refractivity contribution in [2.24, 2.45) is 10.3 Å². The third-order valence-corrected chi connectivity index (χ3v) is 12.8. The van der Waals surface area contributed by atoms with Gasteiger partial charge in [-0.1, -0.05) is 68.8 Å². The van der Waals surface area contributed by atoms with Crippen LogP contribution in [-0.4, -0.2) is 116 Å². The molecule has 3 N–H and O–H groups in total. The Bertz CT molecular complexity index is 3030. The summed E-state index contributed by atoms with van der Waals surface area (Å²) in [5.41, 5.74) is 2.63. The van der Waals surface area contributed by atoms with Crippen LogP contribution in [0, 0.1) is 25.5 Å². The molecule has 0 aliphatic carbocycles. The summed E-state index contributed by atoms with van der Waals surface area (Å²) in [4.78, 5) is 83.5. The molecule has 0 radical (unpaired) electrons. The standard InChI is InChI=1S/C26H25Cl2F4N3O5.C22H19Cl2F4N3O3.C4H7ClO2/c1-4-39-12-22(37)35(11-21(36)33-13-26(30,31)32)24(38)17-6-5-15(7-14(17)2)20-10-25(3,40-34-20)16-8-18(27)23(29)19(28)9-16;1-11-5-12(3-4-14(11)20(33)29-9-18(32)30-10-22(26,27)28)17-8-21(2,34-31-17)13-6-15(23)19(25)16(24)7-13;1-2-7-3-4(5)6/h5-9H,4,10-13H2,1-3H3,(H,33,36);3-7H,8-10H2,1-2H3,(H,29,33)(H,30,32);2-3H2,1H3. The number of carbonyl (C=O) groups excluding carboxylic acids is 6. The van der Waals surface area contributed by atoms with E-state index in [0.717, 1.165) is 0 Å². The number of carbonyl (C=O) groups is 6. The molecule has 2 aliphatic heterocycles. The molecule has 4 aromatic carbocycles. The number of aryl methyl sites for hydroxylation is 2. The Labute approximate surface area is 483 Å². The van der Waals surface area contributed by atoms with E-state index >= 15 is 0 Å². The Balaban J connectivity index is 0.000000314. The number of imide groups is 1.